The first-order valence-corrected chi connectivity index (χ1v) is 8.00. The molecule has 0 spiro atoms. The molecule has 0 radical (unpaired) electrons. The van der Waals surface area contributed by atoms with Crippen molar-refractivity contribution in [2.24, 2.45) is 11.8 Å². The number of thiophene rings is 1. The molecule has 3 heterocycles. The third-order valence-corrected chi connectivity index (χ3v) is 5.11. The van der Waals surface area contributed by atoms with Crippen LogP contribution in [0.3, 0.4) is 0 Å². The van der Waals surface area contributed by atoms with Crippen molar-refractivity contribution in [2.75, 3.05) is 13.1 Å². The molecule has 0 bridgehead atoms. The maximum absolute atomic E-state index is 5.77. The number of rotatable bonds is 3. The van der Waals surface area contributed by atoms with Crippen LogP contribution in [0.5, 0.6) is 0 Å². The number of aromatic nitrogens is 2. The van der Waals surface area contributed by atoms with Crippen molar-refractivity contribution in [1.29, 1.82) is 0 Å². The Morgan fingerprint density at radius 3 is 2.70 bits per heavy atom. The molecule has 5 heteroatoms. The SMILES string of the molecule is C1=CCC2CN(Cc3nnc(-c4cccs4)o3)CC2C1. The van der Waals surface area contributed by atoms with Crippen molar-refractivity contribution in [1.82, 2.24) is 15.1 Å². The summed E-state index contributed by atoms with van der Waals surface area (Å²) < 4.78 is 5.77. The molecule has 2 aromatic rings. The van der Waals surface area contributed by atoms with E-state index >= 15 is 0 Å². The van der Waals surface area contributed by atoms with Crippen molar-refractivity contribution in [3.05, 3.63) is 35.6 Å². The molecule has 2 unspecified atom stereocenters. The van der Waals surface area contributed by atoms with E-state index in [9.17, 15) is 0 Å². The van der Waals surface area contributed by atoms with Gasteiger partial charge in [0.2, 0.25) is 5.89 Å². The van der Waals surface area contributed by atoms with Gasteiger partial charge in [0.25, 0.3) is 5.89 Å². The summed E-state index contributed by atoms with van der Waals surface area (Å²) in [6, 6.07) is 4.01. The zero-order valence-corrected chi connectivity index (χ0v) is 12.1. The van der Waals surface area contributed by atoms with Crippen LogP contribution in [0.4, 0.5) is 0 Å². The standard InChI is InChI=1S/C15H17N3OS/c1-2-5-12-9-18(8-11(12)4-1)10-14-16-17-15(19-14)13-6-3-7-20-13/h1-3,6-7,11-12H,4-5,8-10H2. The minimum Gasteiger partial charge on any atom is -0.419 e. The van der Waals surface area contributed by atoms with Gasteiger partial charge in [-0.2, -0.15) is 0 Å². The van der Waals surface area contributed by atoms with Gasteiger partial charge in [-0.3, -0.25) is 4.90 Å². The minimum atomic E-state index is 0.647. The van der Waals surface area contributed by atoms with Gasteiger partial charge in [0.05, 0.1) is 11.4 Å². The van der Waals surface area contributed by atoms with Gasteiger partial charge in [0, 0.05) is 13.1 Å². The molecule has 0 saturated carbocycles. The average Bonchev–Trinajstić information content (AvgIpc) is 3.18. The highest BCUT2D eigenvalue weighted by Crippen LogP contribution is 2.33. The fourth-order valence-electron chi connectivity index (χ4n) is 3.25. The van der Waals surface area contributed by atoms with E-state index in [1.807, 2.05) is 17.5 Å². The summed E-state index contributed by atoms with van der Waals surface area (Å²) in [7, 11) is 0. The number of fused-ring (bicyclic) bond motifs is 1. The number of allylic oxidation sites excluding steroid dienone is 2. The van der Waals surface area contributed by atoms with Gasteiger partial charge in [-0.1, -0.05) is 18.2 Å². The van der Waals surface area contributed by atoms with Crippen LogP contribution in [-0.4, -0.2) is 28.2 Å². The molecule has 1 fully saturated rings. The van der Waals surface area contributed by atoms with Crippen LogP contribution in [0, 0.1) is 11.8 Å². The second-order valence-corrected chi connectivity index (χ2v) is 6.58. The van der Waals surface area contributed by atoms with Crippen LogP contribution in [0.2, 0.25) is 0 Å². The van der Waals surface area contributed by atoms with Crippen LogP contribution < -0.4 is 0 Å². The molecule has 2 atom stereocenters. The molecule has 4 nitrogen and oxygen atoms in total. The molecule has 4 rings (SSSR count). The Kier molecular flexibility index (Phi) is 3.16. The quantitative estimate of drug-likeness (QED) is 0.813. The molecule has 104 valence electrons. The maximum Gasteiger partial charge on any atom is 0.257 e. The van der Waals surface area contributed by atoms with E-state index in [1.165, 1.54) is 12.8 Å². The lowest BCUT2D eigenvalue weighted by atomic mass is 9.86. The second-order valence-electron chi connectivity index (χ2n) is 5.64. The van der Waals surface area contributed by atoms with Gasteiger partial charge in [0.15, 0.2) is 0 Å². The fourth-order valence-corrected chi connectivity index (χ4v) is 3.89. The number of hydrogen-bond donors (Lipinski definition) is 0. The Bertz CT molecular complexity index is 588. The topological polar surface area (TPSA) is 42.2 Å². The van der Waals surface area contributed by atoms with E-state index in [1.54, 1.807) is 11.3 Å². The number of hydrogen-bond acceptors (Lipinski definition) is 5. The summed E-state index contributed by atoms with van der Waals surface area (Å²) in [5.41, 5.74) is 0. The van der Waals surface area contributed by atoms with Crippen molar-refractivity contribution in [2.45, 2.75) is 19.4 Å². The first-order chi connectivity index (χ1) is 9.88. The molecule has 1 aliphatic carbocycles. The lowest BCUT2D eigenvalue weighted by Gasteiger charge is -2.18. The highest BCUT2D eigenvalue weighted by atomic mass is 32.1. The first kappa shape index (κ1) is 12.3. The van der Waals surface area contributed by atoms with Crippen molar-refractivity contribution < 1.29 is 4.42 Å². The molecular weight excluding hydrogens is 270 g/mol. The Morgan fingerprint density at radius 1 is 1.20 bits per heavy atom. The summed E-state index contributed by atoms with van der Waals surface area (Å²) in [6.45, 7) is 3.10. The average molecular weight is 287 g/mol. The monoisotopic (exact) mass is 287 g/mol. The maximum atomic E-state index is 5.77. The molecule has 2 aromatic heterocycles. The second kappa shape index (κ2) is 5.14. The van der Waals surface area contributed by atoms with Gasteiger partial charge in [-0.25, -0.2) is 0 Å². The van der Waals surface area contributed by atoms with Crippen LogP contribution in [0.15, 0.2) is 34.1 Å². The molecule has 2 aliphatic rings. The predicted octanol–water partition coefficient (Wildman–Crippen LogP) is 3.20. The first-order valence-electron chi connectivity index (χ1n) is 7.12. The van der Waals surface area contributed by atoms with Crippen LogP contribution in [0.1, 0.15) is 18.7 Å². The third kappa shape index (κ3) is 2.31. The van der Waals surface area contributed by atoms with Crippen LogP contribution in [-0.2, 0) is 6.54 Å². The Morgan fingerprint density at radius 2 is 2.00 bits per heavy atom. The Balaban J connectivity index is 1.43. The number of nitrogens with zero attached hydrogens (tertiary/aromatic N) is 3. The molecule has 1 aliphatic heterocycles. The molecule has 1 saturated heterocycles. The summed E-state index contributed by atoms with van der Waals surface area (Å²) >= 11 is 1.63. The lowest BCUT2D eigenvalue weighted by Crippen LogP contribution is -2.20. The summed E-state index contributed by atoms with van der Waals surface area (Å²) in [6.07, 6.45) is 7.11. The summed E-state index contributed by atoms with van der Waals surface area (Å²) in [5.74, 6) is 3.02. The van der Waals surface area contributed by atoms with Gasteiger partial charge in [-0.15, -0.1) is 21.5 Å². The van der Waals surface area contributed by atoms with Crippen molar-refractivity contribution in [3.63, 3.8) is 0 Å². The highest BCUT2D eigenvalue weighted by molar-refractivity contribution is 7.13. The van der Waals surface area contributed by atoms with E-state index in [4.69, 9.17) is 4.42 Å². The van der Waals surface area contributed by atoms with E-state index in [0.717, 1.165) is 42.2 Å². The van der Waals surface area contributed by atoms with E-state index in [2.05, 4.69) is 27.2 Å². The molecule has 20 heavy (non-hydrogen) atoms. The van der Waals surface area contributed by atoms with Gasteiger partial charge in [0.1, 0.15) is 0 Å². The third-order valence-electron chi connectivity index (χ3n) is 4.25. The van der Waals surface area contributed by atoms with Crippen molar-refractivity contribution >= 4 is 11.3 Å². The molecular formula is C15H17N3OS. The molecule has 0 N–H and O–H groups in total. The van der Waals surface area contributed by atoms with Gasteiger partial charge < -0.3 is 4.42 Å². The Hall–Kier alpha value is -1.46. The van der Waals surface area contributed by atoms with Gasteiger partial charge >= 0.3 is 0 Å². The number of likely N-dealkylation sites (tertiary alicyclic amines) is 1. The highest BCUT2D eigenvalue weighted by Gasteiger charge is 2.33. The minimum absolute atomic E-state index is 0.647. The largest absolute Gasteiger partial charge is 0.419 e. The zero-order valence-electron chi connectivity index (χ0n) is 11.2. The van der Waals surface area contributed by atoms with E-state index in [-0.39, 0.29) is 0 Å². The zero-order chi connectivity index (χ0) is 13.4. The van der Waals surface area contributed by atoms with E-state index in [0.29, 0.717) is 5.89 Å². The smallest absolute Gasteiger partial charge is 0.257 e. The lowest BCUT2D eigenvalue weighted by molar-refractivity contribution is 0.279. The molecule has 0 aromatic carbocycles. The normalized spacial score (nSPS) is 26.0. The fraction of sp³-hybridized carbons (Fsp3) is 0.467. The summed E-state index contributed by atoms with van der Waals surface area (Å²) in [5, 5.41) is 10.4. The molecule has 0 amide bonds. The van der Waals surface area contributed by atoms with Crippen LogP contribution >= 0.6 is 11.3 Å². The van der Waals surface area contributed by atoms with Gasteiger partial charge in [-0.05, 0) is 36.1 Å². The van der Waals surface area contributed by atoms with Crippen molar-refractivity contribution in [3.8, 4) is 10.8 Å². The predicted molar refractivity (Wildman–Crippen MR) is 78.2 cm³/mol. The van der Waals surface area contributed by atoms with E-state index < -0.39 is 0 Å². The summed E-state index contributed by atoms with van der Waals surface area (Å²) in [4.78, 5) is 3.50. The van der Waals surface area contributed by atoms with Crippen LogP contribution in [0.25, 0.3) is 10.8 Å². The Labute approximate surface area is 122 Å².